The summed E-state index contributed by atoms with van der Waals surface area (Å²) in [5.41, 5.74) is 5.12. The topological polar surface area (TPSA) is 133 Å². The molecule has 1 saturated heterocycles. The molecular weight excluding hydrogens is 578 g/mol. The normalized spacial score (nSPS) is 48.1. The molecule has 2 spiro atoms. The van der Waals surface area contributed by atoms with E-state index in [4.69, 9.17) is 34.8 Å². The van der Waals surface area contributed by atoms with E-state index in [1.54, 1.807) is 0 Å². The number of hydrogen-bond donors (Lipinski definition) is 1. The number of nitrogens with two attached hydrogens (primary N) is 1. The Morgan fingerprint density at radius 2 is 1.49 bits per heavy atom. The number of fused-ring (bicyclic) bond motifs is 5. The Hall–Kier alpha value is -1.75. The first-order valence-electron chi connectivity index (χ1n) is 17.6. The molecule has 1 aliphatic heterocycles. The third kappa shape index (κ3) is 5.84. The lowest BCUT2D eigenvalue weighted by Gasteiger charge is -2.65. The highest BCUT2D eigenvalue weighted by Crippen LogP contribution is 2.70. The van der Waals surface area contributed by atoms with Crippen molar-refractivity contribution in [2.24, 2.45) is 58.0 Å². The molecule has 5 unspecified atom stereocenters. The van der Waals surface area contributed by atoms with Gasteiger partial charge in [-0.3, -0.25) is 14.4 Å². The van der Waals surface area contributed by atoms with Crippen molar-refractivity contribution in [3.63, 3.8) is 0 Å². The highest BCUT2D eigenvalue weighted by molar-refractivity contribution is 5.73. The largest absolute Gasteiger partial charge is 0.462 e. The van der Waals surface area contributed by atoms with Crippen LogP contribution < -0.4 is 5.73 Å². The molecule has 10 nitrogen and oxygen atoms in total. The van der Waals surface area contributed by atoms with E-state index in [2.05, 4.69) is 27.7 Å². The van der Waals surface area contributed by atoms with E-state index in [1.807, 2.05) is 0 Å². The number of carbonyl (C=O) groups is 3. The zero-order valence-corrected chi connectivity index (χ0v) is 28.1. The molecule has 0 bridgehead atoms. The van der Waals surface area contributed by atoms with E-state index in [1.165, 1.54) is 13.8 Å². The van der Waals surface area contributed by atoms with Crippen LogP contribution in [0.1, 0.15) is 125 Å². The fourth-order valence-electron chi connectivity index (χ4n) is 11.2. The molecule has 6 fully saturated rings. The average Bonchev–Trinajstić information content (AvgIpc) is 3.34. The highest BCUT2D eigenvalue weighted by atomic mass is 17.4. The van der Waals surface area contributed by atoms with Gasteiger partial charge < -0.3 is 15.2 Å². The van der Waals surface area contributed by atoms with Gasteiger partial charge in [-0.1, -0.05) is 27.7 Å². The van der Waals surface area contributed by atoms with Crippen LogP contribution in [-0.2, 0) is 43.4 Å². The Balaban J connectivity index is 1.28. The molecule has 5 aliphatic carbocycles. The maximum absolute atomic E-state index is 12.6. The van der Waals surface area contributed by atoms with Crippen molar-refractivity contribution in [1.29, 1.82) is 0 Å². The standard InChI is InChI=1S/C35H55NO9/c1-20-11-13-34(14-12-20)42-44-35(45-43-34)16-15-32(5)24(19-35)17-28(40-22(3)37)31-26-9-8-25(21(2)7-10-30(36)39)33(26,6)29(18-27(31)32)41-23(4)38/h20-21,24-29,31H,7-19H2,1-6H3,(H2,36,39)/t20?,21-,24?,25-,26?,27?,28?,29+,31?,32+,33-,34?,35?/m1/s1. The predicted octanol–water partition coefficient (Wildman–Crippen LogP) is 6.14. The minimum absolute atomic E-state index is 0.107. The molecule has 1 amide bonds. The number of rotatable bonds is 6. The van der Waals surface area contributed by atoms with Gasteiger partial charge in [0.2, 0.25) is 17.5 Å². The van der Waals surface area contributed by atoms with Gasteiger partial charge in [-0.05, 0) is 92.3 Å². The fourth-order valence-corrected chi connectivity index (χ4v) is 11.2. The summed E-state index contributed by atoms with van der Waals surface area (Å²) < 4.78 is 12.5. The molecular formula is C35H55NO9. The van der Waals surface area contributed by atoms with E-state index in [0.717, 1.165) is 44.9 Å². The summed E-state index contributed by atoms with van der Waals surface area (Å²) in [5.74, 6) is -0.882. The smallest absolute Gasteiger partial charge is 0.302 e. The monoisotopic (exact) mass is 633 g/mol. The number of primary amides is 1. The molecule has 1 heterocycles. The SMILES string of the molecule is CC(=O)OC1CC2CC3(CC[C@]2(C)C2C[C@H](OC(C)=O)[C@@]4(C)C(CC[C@@H]4[C@H](C)CCC(N)=O)C12)OOC1(CCC(C)CC1)OO3. The zero-order valence-electron chi connectivity index (χ0n) is 28.1. The van der Waals surface area contributed by atoms with E-state index in [9.17, 15) is 14.4 Å². The third-order valence-electron chi connectivity index (χ3n) is 13.7. The van der Waals surface area contributed by atoms with Crippen LogP contribution >= 0.6 is 0 Å². The lowest BCUT2D eigenvalue weighted by molar-refractivity contribution is -0.665. The second-order valence-corrected chi connectivity index (χ2v) is 16.3. The van der Waals surface area contributed by atoms with E-state index >= 15 is 0 Å². The number of ether oxygens (including phenoxy) is 2. The van der Waals surface area contributed by atoms with Crippen LogP contribution in [0.15, 0.2) is 0 Å². The van der Waals surface area contributed by atoms with Gasteiger partial charge in [-0.2, -0.15) is 19.6 Å². The van der Waals surface area contributed by atoms with E-state index in [0.29, 0.717) is 44.4 Å². The number of hydrogen-bond acceptors (Lipinski definition) is 9. The summed E-state index contributed by atoms with van der Waals surface area (Å²) in [4.78, 5) is 61.3. The van der Waals surface area contributed by atoms with Crippen molar-refractivity contribution in [1.82, 2.24) is 0 Å². The summed E-state index contributed by atoms with van der Waals surface area (Å²) in [5, 5.41) is 0. The maximum Gasteiger partial charge on any atom is 0.302 e. The number of amides is 1. The molecule has 254 valence electrons. The highest BCUT2D eigenvalue weighted by Gasteiger charge is 2.69. The molecule has 6 rings (SSSR count). The zero-order chi connectivity index (χ0) is 32.4. The van der Waals surface area contributed by atoms with Crippen molar-refractivity contribution in [3.8, 4) is 0 Å². The van der Waals surface area contributed by atoms with Crippen molar-refractivity contribution in [2.45, 2.75) is 149 Å². The van der Waals surface area contributed by atoms with Gasteiger partial charge in [0, 0.05) is 57.3 Å². The summed E-state index contributed by atoms with van der Waals surface area (Å²) in [6, 6.07) is 0. The van der Waals surface area contributed by atoms with Gasteiger partial charge >= 0.3 is 11.9 Å². The van der Waals surface area contributed by atoms with Gasteiger partial charge in [0.05, 0.1) is 0 Å². The maximum atomic E-state index is 12.6. The molecule has 6 aliphatic rings. The van der Waals surface area contributed by atoms with Crippen LogP contribution in [0.5, 0.6) is 0 Å². The second kappa shape index (κ2) is 12.0. The summed E-state index contributed by atoms with van der Waals surface area (Å²) in [7, 11) is 0. The van der Waals surface area contributed by atoms with Crippen molar-refractivity contribution < 1.29 is 43.4 Å². The van der Waals surface area contributed by atoms with Crippen LogP contribution in [-0.4, -0.2) is 41.6 Å². The van der Waals surface area contributed by atoms with Crippen LogP contribution in [0.3, 0.4) is 0 Å². The van der Waals surface area contributed by atoms with Crippen molar-refractivity contribution in [3.05, 3.63) is 0 Å². The number of carbonyl (C=O) groups excluding carboxylic acids is 3. The third-order valence-corrected chi connectivity index (χ3v) is 13.7. The lowest BCUT2D eigenvalue weighted by Crippen LogP contribution is -2.65. The Morgan fingerprint density at radius 3 is 2.11 bits per heavy atom. The minimum Gasteiger partial charge on any atom is -0.462 e. The molecule has 0 aromatic heterocycles. The van der Waals surface area contributed by atoms with Crippen LogP contribution in [0.4, 0.5) is 0 Å². The quantitative estimate of drug-likeness (QED) is 0.270. The number of esters is 2. The second-order valence-electron chi connectivity index (χ2n) is 16.3. The van der Waals surface area contributed by atoms with E-state index in [-0.39, 0.29) is 76.4 Å². The molecule has 0 radical (unpaired) electrons. The fraction of sp³-hybridized carbons (Fsp3) is 0.914. The lowest BCUT2D eigenvalue weighted by atomic mass is 9.42. The molecule has 0 aromatic rings. The van der Waals surface area contributed by atoms with Crippen molar-refractivity contribution >= 4 is 17.8 Å². The van der Waals surface area contributed by atoms with Gasteiger partial charge in [0.1, 0.15) is 12.2 Å². The Bertz CT molecular complexity index is 1140. The minimum atomic E-state index is -1.00. The first kappa shape index (κ1) is 33.2. The summed E-state index contributed by atoms with van der Waals surface area (Å²) in [6.45, 7) is 12.1. The first-order valence-corrected chi connectivity index (χ1v) is 17.6. The predicted molar refractivity (Wildman–Crippen MR) is 162 cm³/mol. The van der Waals surface area contributed by atoms with Crippen molar-refractivity contribution in [2.75, 3.05) is 0 Å². The summed E-state index contributed by atoms with van der Waals surface area (Å²) in [6.07, 6.45) is 9.41. The molecule has 10 atom stereocenters. The van der Waals surface area contributed by atoms with Gasteiger partial charge in [-0.15, -0.1) is 0 Å². The molecule has 2 N–H and O–H groups in total. The molecule has 5 saturated carbocycles. The van der Waals surface area contributed by atoms with Crippen LogP contribution in [0.25, 0.3) is 0 Å². The molecule has 45 heavy (non-hydrogen) atoms. The first-order chi connectivity index (χ1) is 21.2. The Morgan fingerprint density at radius 1 is 0.844 bits per heavy atom. The van der Waals surface area contributed by atoms with Crippen LogP contribution in [0.2, 0.25) is 0 Å². The van der Waals surface area contributed by atoms with Gasteiger partial charge in [-0.25, -0.2) is 0 Å². The van der Waals surface area contributed by atoms with Gasteiger partial charge in [0.25, 0.3) is 0 Å². The van der Waals surface area contributed by atoms with E-state index < -0.39 is 11.6 Å². The van der Waals surface area contributed by atoms with Gasteiger partial charge in [0.15, 0.2) is 0 Å². The Kier molecular flexibility index (Phi) is 8.88. The summed E-state index contributed by atoms with van der Waals surface area (Å²) >= 11 is 0. The molecule has 0 aromatic carbocycles. The average molecular weight is 634 g/mol. The molecule has 10 heteroatoms. The van der Waals surface area contributed by atoms with Crippen LogP contribution in [0, 0.1) is 52.3 Å². The Labute approximate surface area is 267 Å².